The van der Waals surface area contributed by atoms with E-state index in [2.05, 4.69) is 25.6 Å². The molecule has 11 heteroatoms. The minimum Gasteiger partial charge on any atom is -0.397 e. The number of hydrogen-bond acceptors (Lipinski definition) is 8. The van der Waals surface area contributed by atoms with E-state index in [1.54, 1.807) is 25.3 Å². The van der Waals surface area contributed by atoms with Gasteiger partial charge < -0.3 is 27.2 Å². The first-order valence-electron chi connectivity index (χ1n) is 10.3. The van der Waals surface area contributed by atoms with Crippen molar-refractivity contribution in [3.05, 3.63) is 83.7 Å². The summed E-state index contributed by atoms with van der Waals surface area (Å²) in [6, 6.07) is 13.6. The lowest BCUT2D eigenvalue weighted by Gasteiger charge is -2.28. The van der Waals surface area contributed by atoms with E-state index in [-0.39, 0.29) is 22.9 Å². The molecule has 0 fully saturated rings. The predicted octanol–water partition coefficient (Wildman–Crippen LogP) is 3.22. The van der Waals surface area contributed by atoms with Gasteiger partial charge in [0.05, 0.1) is 23.1 Å². The van der Waals surface area contributed by atoms with Gasteiger partial charge in [-0.25, -0.2) is 15.0 Å². The summed E-state index contributed by atoms with van der Waals surface area (Å²) in [6.45, 7) is 1.77. The number of nitrogen functional groups attached to an aromatic ring is 2. The number of pyridine rings is 1. The van der Waals surface area contributed by atoms with Crippen LogP contribution in [-0.4, -0.2) is 26.1 Å². The van der Waals surface area contributed by atoms with Gasteiger partial charge in [-0.3, -0.25) is 0 Å². The minimum atomic E-state index is -4.77. The van der Waals surface area contributed by atoms with Crippen LogP contribution in [-0.2, 0) is 6.18 Å². The molecule has 176 valence electrons. The highest BCUT2D eigenvalue weighted by molar-refractivity contribution is 5.77. The Morgan fingerprint density at radius 1 is 1.03 bits per heavy atom. The molecule has 2 aromatic heterocycles. The van der Waals surface area contributed by atoms with Crippen LogP contribution in [0.1, 0.15) is 30.4 Å². The number of alkyl halides is 3. The molecule has 1 aliphatic rings. The molecule has 8 nitrogen and oxygen atoms in total. The number of benzene rings is 1. The van der Waals surface area contributed by atoms with E-state index in [9.17, 15) is 18.3 Å². The monoisotopic (exact) mass is 469 g/mol. The van der Waals surface area contributed by atoms with E-state index < -0.39 is 24.3 Å². The van der Waals surface area contributed by atoms with Crippen molar-refractivity contribution in [1.29, 1.82) is 0 Å². The Hall–Kier alpha value is -4.12. The second-order valence-electron chi connectivity index (χ2n) is 7.63. The van der Waals surface area contributed by atoms with Crippen molar-refractivity contribution in [2.75, 3.05) is 11.5 Å². The summed E-state index contributed by atoms with van der Waals surface area (Å²) < 4.78 is 39.7. The number of nitrogens with zero attached hydrogens (tertiary/aromatic N) is 3. The van der Waals surface area contributed by atoms with Gasteiger partial charge in [-0.2, -0.15) is 13.2 Å². The van der Waals surface area contributed by atoms with E-state index in [4.69, 9.17) is 11.5 Å². The van der Waals surface area contributed by atoms with Crippen LogP contribution in [0.4, 0.5) is 24.7 Å². The van der Waals surface area contributed by atoms with Crippen molar-refractivity contribution in [3.63, 3.8) is 0 Å². The number of nitrogens with one attached hydrogen (secondary N) is 2. The fourth-order valence-corrected chi connectivity index (χ4v) is 3.53. The number of halogens is 3. The molecule has 0 amide bonds. The van der Waals surface area contributed by atoms with E-state index >= 15 is 0 Å². The molecule has 2 unspecified atom stereocenters. The van der Waals surface area contributed by atoms with Crippen LogP contribution in [0.25, 0.3) is 16.8 Å². The topological polar surface area (TPSA) is 135 Å². The first kappa shape index (κ1) is 23.1. The number of dihydropyridines is 1. The van der Waals surface area contributed by atoms with Gasteiger partial charge in [0, 0.05) is 22.9 Å². The minimum absolute atomic E-state index is 0.0434. The van der Waals surface area contributed by atoms with E-state index in [0.717, 1.165) is 5.56 Å². The number of aromatic nitrogens is 3. The molecule has 1 aliphatic heterocycles. The summed E-state index contributed by atoms with van der Waals surface area (Å²) in [6.07, 6.45) is -3.01. The Bertz CT molecular complexity index is 1260. The van der Waals surface area contributed by atoms with Crippen LogP contribution in [0.2, 0.25) is 0 Å². The summed E-state index contributed by atoms with van der Waals surface area (Å²) in [5, 5.41) is 16.9. The number of nitrogens with two attached hydrogens (primary N) is 2. The summed E-state index contributed by atoms with van der Waals surface area (Å²) in [4.78, 5) is 11.4. The Morgan fingerprint density at radius 3 is 2.47 bits per heavy atom. The molecule has 0 saturated carbocycles. The van der Waals surface area contributed by atoms with Gasteiger partial charge >= 0.3 is 6.18 Å². The molecule has 4 rings (SSSR count). The van der Waals surface area contributed by atoms with Gasteiger partial charge in [-0.05, 0) is 31.3 Å². The maximum atomic E-state index is 13.2. The van der Waals surface area contributed by atoms with Crippen molar-refractivity contribution in [3.8, 4) is 11.3 Å². The number of rotatable bonds is 5. The number of allylic oxidation sites excluding steroid dienone is 2. The fourth-order valence-electron chi connectivity index (χ4n) is 3.53. The van der Waals surface area contributed by atoms with E-state index in [1.165, 1.54) is 12.1 Å². The lowest BCUT2D eigenvalue weighted by atomic mass is 10.0. The molecule has 3 aromatic rings. The Labute approximate surface area is 193 Å². The van der Waals surface area contributed by atoms with Crippen molar-refractivity contribution >= 4 is 17.1 Å². The highest BCUT2D eigenvalue weighted by Crippen LogP contribution is 2.31. The largest absolute Gasteiger partial charge is 0.451 e. The van der Waals surface area contributed by atoms with Gasteiger partial charge in [0.15, 0.2) is 6.23 Å². The lowest BCUT2D eigenvalue weighted by molar-refractivity contribution is -0.144. The molecule has 34 heavy (non-hydrogen) atoms. The molecule has 1 aromatic carbocycles. The molecule has 0 spiro atoms. The summed E-state index contributed by atoms with van der Waals surface area (Å²) in [7, 11) is 0. The first-order chi connectivity index (χ1) is 16.1. The molecular weight excluding hydrogens is 447 g/mol. The predicted molar refractivity (Wildman–Crippen MR) is 122 cm³/mol. The van der Waals surface area contributed by atoms with E-state index in [0.29, 0.717) is 17.0 Å². The van der Waals surface area contributed by atoms with Crippen LogP contribution >= 0.6 is 0 Å². The smallest absolute Gasteiger partial charge is 0.397 e. The first-order valence-corrected chi connectivity index (χ1v) is 10.3. The highest BCUT2D eigenvalue weighted by atomic mass is 19.4. The quantitative estimate of drug-likeness (QED) is 0.360. The number of aliphatic hydroxyl groups is 1. The maximum Gasteiger partial charge on any atom is 0.451 e. The van der Waals surface area contributed by atoms with Crippen LogP contribution < -0.4 is 22.1 Å². The third-order valence-electron chi connectivity index (χ3n) is 5.17. The zero-order chi connectivity index (χ0) is 24.5. The molecule has 0 saturated heterocycles. The van der Waals surface area contributed by atoms with Crippen molar-refractivity contribution in [2.24, 2.45) is 0 Å². The van der Waals surface area contributed by atoms with Gasteiger partial charge in [0.2, 0.25) is 5.82 Å². The van der Waals surface area contributed by atoms with Crippen molar-refractivity contribution in [2.45, 2.75) is 25.4 Å². The van der Waals surface area contributed by atoms with Gasteiger partial charge in [-0.1, -0.05) is 30.3 Å². The highest BCUT2D eigenvalue weighted by Gasteiger charge is 2.36. The standard InChI is InChI=1S/C23H22F3N7O/c1-12-19(14(9-10-29-12)17-11-18(28)32-22(31-17)23(24,25)26)33-21(34)20-15(27)7-8-16(30-20)13-5-3-2-4-6-13/h2-12,21,29,33-34H,27H2,1H3,(H2,28,31,32). The molecule has 0 bridgehead atoms. The fraction of sp³-hybridized carbons (Fsp3) is 0.174. The van der Waals surface area contributed by atoms with E-state index in [1.807, 2.05) is 30.3 Å². The second-order valence-corrected chi connectivity index (χ2v) is 7.63. The summed E-state index contributed by atoms with van der Waals surface area (Å²) in [5.41, 5.74) is 14.2. The van der Waals surface area contributed by atoms with Crippen molar-refractivity contribution < 1.29 is 18.3 Å². The molecular formula is C23H22F3N7O. The SMILES string of the molecule is CC1NC=CC(c2cc(N)nc(C(F)(F)F)n2)=C1NC(O)c1nc(-c2ccccc2)ccc1N. The third kappa shape index (κ3) is 4.79. The summed E-state index contributed by atoms with van der Waals surface area (Å²) >= 11 is 0. The Kier molecular flexibility index (Phi) is 6.12. The third-order valence-corrected chi connectivity index (χ3v) is 5.17. The Morgan fingerprint density at radius 2 is 1.76 bits per heavy atom. The zero-order valence-electron chi connectivity index (χ0n) is 18.0. The number of aliphatic hydroxyl groups excluding tert-OH is 1. The Balaban J connectivity index is 1.73. The molecule has 7 N–H and O–H groups in total. The molecule has 2 atom stereocenters. The van der Waals surface area contributed by atoms with Crippen LogP contribution in [0.5, 0.6) is 0 Å². The average Bonchev–Trinajstić information content (AvgIpc) is 2.80. The zero-order valence-corrected chi connectivity index (χ0v) is 18.0. The number of hydrogen-bond donors (Lipinski definition) is 5. The van der Waals surface area contributed by atoms with Crippen LogP contribution in [0.15, 0.2) is 66.5 Å². The van der Waals surface area contributed by atoms with Crippen LogP contribution in [0, 0.1) is 0 Å². The molecule has 0 aliphatic carbocycles. The molecule has 3 heterocycles. The number of anilines is 2. The average molecular weight is 469 g/mol. The van der Waals surface area contributed by atoms with Gasteiger partial charge in [-0.15, -0.1) is 0 Å². The van der Waals surface area contributed by atoms with Gasteiger partial charge in [0.1, 0.15) is 11.5 Å². The molecule has 0 radical (unpaired) electrons. The maximum absolute atomic E-state index is 13.2. The summed E-state index contributed by atoms with van der Waals surface area (Å²) in [5.74, 6) is -1.68. The van der Waals surface area contributed by atoms with Gasteiger partial charge in [0.25, 0.3) is 0 Å². The van der Waals surface area contributed by atoms with Crippen molar-refractivity contribution in [1.82, 2.24) is 25.6 Å². The second kappa shape index (κ2) is 9.02. The normalized spacial score (nSPS) is 16.8. The lowest BCUT2D eigenvalue weighted by Crippen LogP contribution is -2.36. The van der Waals surface area contributed by atoms with Crippen LogP contribution in [0.3, 0.4) is 0 Å².